The Kier molecular flexibility index (Phi) is 6.30. The summed E-state index contributed by atoms with van der Waals surface area (Å²) in [7, 11) is 0. The predicted octanol–water partition coefficient (Wildman–Crippen LogP) is 3.25. The first-order chi connectivity index (χ1) is 11.8. The number of phenols is 1. The Morgan fingerprint density at radius 1 is 1.16 bits per heavy atom. The Labute approximate surface area is 154 Å². The van der Waals surface area contributed by atoms with Gasteiger partial charge in [0.15, 0.2) is 0 Å². The number of anilines is 1. The van der Waals surface area contributed by atoms with Gasteiger partial charge in [-0.1, -0.05) is 33.6 Å². The number of hydrogen-bond donors (Lipinski definition) is 3. The summed E-state index contributed by atoms with van der Waals surface area (Å²) in [5.41, 5.74) is 5.40. The third kappa shape index (κ3) is 5.72. The van der Waals surface area contributed by atoms with Crippen LogP contribution in [0.1, 0.15) is 23.1 Å². The van der Waals surface area contributed by atoms with Gasteiger partial charge in [0.05, 0.1) is 6.21 Å². The van der Waals surface area contributed by atoms with Crippen LogP contribution in [0.4, 0.5) is 5.69 Å². The first-order valence-electron chi connectivity index (χ1n) is 7.52. The van der Waals surface area contributed by atoms with Crippen LogP contribution in [0.2, 0.25) is 0 Å². The number of halogens is 1. The van der Waals surface area contributed by atoms with Crippen LogP contribution in [-0.4, -0.2) is 23.1 Å². The lowest BCUT2D eigenvalue weighted by molar-refractivity contribution is -0.126. The van der Waals surface area contributed by atoms with E-state index in [9.17, 15) is 14.7 Å². The van der Waals surface area contributed by atoms with E-state index in [1.54, 1.807) is 18.2 Å². The fourth-order valence-corrected chi connectivity index (χ4v) is 2.51. The number of carbonyl (C=O) groups is 2. The van der Waals surface area contributed by atoms with E-state index in [0.29, 0.717) is 11.3 Å². The van der Waals surface area contributed by atoms with Gasteiger partial charge >= 0.3 is 0 Å². The van der Waals surface area contributed by atoms with E-state index in [4.69, 9.17) is 0 Å². The molecule has 0 aliphatic rings. The van der Waals surface area contributed by atoms with Gasteiger partial charge in [0.1, 0.15) is 12.2 Å². The van der Waals surface area contributed by atoms with E-state index in [-0.39, 0.29) is 12.2 Å². The Morgan fingerprint density at radius 2 is 1.92 bits per heavy atom. The average Bonchev–Trinajstić information content (AvgIpc) is 2.53. The minimum atomic E-state index is -0.548. The zero-order valence-electron chi connectivity index (χ0n) is 13.8. The number of phenolic OH excluding ortho intramolecular Hbond substituents is 1. The number of carbonyl (C=O) groups excluding carboxylic acids is 2. The topological polar surface area (TPSA) is 90.8 Å². The van der Waals surface area contributed by atoms with Crippen LogP contribution in [0.3, 0.4) is 0 Å². The number of hydrazone groups is 1. The number of aryl methyl sites for hydroxylation is 2. The molecule has 0 fully saturated rings. The number of nitrogens with one attached hydrogen (secondary N) is 2. The van der Waals surface area contributed by atoms with Crippen LogP contribution in [0, 0.1) is 13.8 Å². The molecule has 0 heterocycles. The average molecular weight is 404 g/mol. The quantitative estimate of drug-likeness (QED) is 0.406. The number of amides is 2. The van der Waals surface area contributed by atoms with Gasteiger partial charge in [0.2, 0.25) is 11.8 Å². The summed E-state index contributed by atoms with van der Waals surface area (Å²) >= 11 is 3.28. The molecule has 2 aromatic rings. The molecule has 130 valence electrons. The normalized spacial score (nSPS) is 10.7. The largest absolute Gasteiger partial charge is 0.507 e. The molecule has 0 saturated carbocycles. The van der Waals surface area contributed by atoms with Gasteiger partial charge in [-0.3, -0.25) is 9.59 Å². The van der Waals surface area contributed by atoms with Crippen molar-refractivity contribution in [3.8, 4) is 5.75 Å². The Hall–Kier alpha value is -2.67. The molecular weight excluding hydrogens is 386 g/mol. The van der Waals surface area contributed by atoms with Crippen LogP contribution in [0.25, 0.3) is 0 Å². The molecule has 2 amide bonds. The Balaban J connectivity index is 1.88. The van der Waals surface area contributed by atoms with Crippen molar-refractivity contribution >= 4 is 39.6 Å². The predicted molar refractivity (Wildman–Crippen MR) is 101 cm³/mol. The number of rotatable bonds is 5. The zero-order chi connectivity index (χ0) is 18.4. The lowest BCUT2D eigenvalue weighted by atomic mass is 10.1. The summed E-state index contributed by atoms with van der Waals surface area (Å²) < 4.78 is 0.769. The maximum absolute atomic E-state index is 11.9. The first-order valence-corrected chi connectivity index (χ1v) is 8.32. The summed E-state index contributed by atoms with van der Waals surface area (Å²) in [5, 5.41) is 16.1. The van der Waals surface area contributed by atoms with Gasteiger partial charge in [-0.05, 0) is 43.7 Å². The van der Waals surface area contributed by atoms with Gasteiger partial charge in [0.25, 0.3) is 0 Å². The summed E-state index contributed by atoms with van der Waals surface area (Å²) in [4.78, 5) is 23.7. The Morgan fingerprint density at radius 3 is 2.64 bits per heavy atom. The van der Waals surface area contributed by atoms with Crippen molar-refractivity contribution in [2.24, 2.45) is 5.10 Å². The second-order valence-electron chi connectivity index (χ2n) is 5.54. The zero-order valence-corrected chi connectivity index (χ0v) is 15.4. The molecule has 7 heteroatoms. The van der Waals surface area contributed by atoms with Crippen molar-refractivity contribution in [2.45, 2.75) is 20.3 Å². The van der Waals surface area contributed by atoms with Crippen LogP contribution in [-0.2, 0) is 9.59 Å². The van der Waals surface area contributed by atoms with Gasteiger partial charge in [0, 0.05) is 15.7 Å². The van der Waals surface area contributed by atoms with Gasteiger partial charge in [-0.2, -0.15) is 5.10 Å². The molecule has 0 atom stereocenters. The highest BCUT2D eigenvalue weighted by molar-refractivity contribution is 9.10. The Bertz CT molecular complexity index is 834. The number of nitrogens with zero attached hydrogens (tertiary/aromatic N) is 1. The highest BCUT2D eigenvalue weighted by Crippen LogP contribution is 2.20. The van der Waals surface area contributed by atoms with Crippen LogP contribution < -0.4 is 10.7 Å². The third-order valence-corrected chi connectivity index (χ3v) is 3.85. The van der Waals surface area contributed by atoms with Gasteiger partial charge in [-0.15, -0.1) is 0 Å². The molecule has 25 heavy (non-hydrogen) atoms. The first kappa shape index (κ1) is 18.7. The molecule has 6 nitrogen and oxygen atoms in total. The van der Waals surface area contributed by atoms with Gasteiger partial charge in [-0.25, -0.2) is 5.43 Å². The summed E-state index contributed by atoms with van der Waals surface area (Å²) in [5.74, 6) is -0.938. The minimum Gasteiger partial charge on any atom is -0.507 e. The van der Waals surface area contributed by atoms with E-state index in [2.05, 4.69) is 31.8 Å². The van der Waals surface area contributed by atoms with E-state index in [1.165, 1.54) is 12.3 Å². The molecule has 0 aliphatic heterocycles. The molecule has 2 aromatic carbocycles. The van der Waals surface area contributed by atoms with Crippen LogP contribution in [0.5, 0.6) is 5.75 Å². The number of aromatic hydroxyl groups is 1. The van der Waals surface area contributed by atoms with Gasteiger partial charge < -0.3 is 10.4 Å². The molecule has 0 bridgehead atoms. The van der Waals surface area contributed by atoms with E-state index < -0.39 is 11.8 Å². The molecule has 0 aromatic heterocycles. The fourth-order valence-electron chi connectivity index (χ4n) is 2.14. The van der Waals surface area contributed by atoms with Crippen molar-refractivity contribution in [2.75, 3.05) is 5.32 Å². The van der Waals surface area contributed by atoms with Crippen LogP contribution in [0.15, 0.2) is 46.0 Å². The van der Waals surface area contributed by atoms with Crippen molar-refractivity contribution in [3.05, 3.63) is 57.6 Å². The highest BCUT2D eigenvalue weighted by Gasteiger charge is 2.10. The third-order valence-electron chi connectivity index (χ3n) is 3.36. The van der Waals surface area contributed by atoms with E-state index in [1.807, 2.05) is 26.0 Å². The standard InChI is InChI=1S/C18H18BrN3O3/c1-11-3-5-15(12(2)7-11)21-17(24)9-18(25)22-20-10-13-8-14(19)4-6-16(13)23/h3-8,10,23H,9H2,1-2H3,(H,21,24)(H,22,25)/b20-10+. The highest BCUT2D eigenvalue weighted by atomic mass is 79.9. The SMILES string of the molecule is Cc1ccc(NC(=O)CC(=O)N/N=C/c2cc(Br)ccc2O)c(C)c1. The molecule has 0 saturated heterocycles. The molecule has 0 unspecified atom stereocenters. The van der Waals surface area contributed by atoms with Crippen molar-refractivity contribution in [1.82, 2.24) is 5.43 Å². The summed E-state index contributed by atoms with van der Waals surface area (Å²) in [6, 6.07) is 10.5. The van der Waals surface area contributed by atoms with Crippen molar-refractivity contribution in [1.29, 1.82) is 0 Å². The fraction of sp³-hybridized carbons (Fsp3) is 0.167. The maximum Gasteiger partial charge on any atom is 0.249 e. The number of benzene rings is 2. The summed E-state index contributed by atoms with van der Waals surface area (Å²) in [6.45, 7) is 3.85. The molecule has 2 rings (SSSR count). The second kappa shape index (κ2) is 8.43. The lowest BCUT2D eigenvalue weighted by Gasteiger charge is -2.08. The monoisotopic (exact) mass is 403 g/mol. The van der Waals surface area contributed by atoms with E-state index >= 15 is 0 Å². The van der Waals surface area contributed by atoms with Crippen molar-refractivity contribution in [3.63, 3.8) is 0 Å². The van der Waals surface area contributed by atoms with Crippen LogP contribution >= 0.6 is 15.9 Å². The smallest absolute Gasteiger partial charge is 0.249 e. The van der Waals surface area contributed by atoms with E-state index in [0.717, 1.165) is 15.6 Å². The molecule has 3 N–H and O–H groups in total. The molecular formula is C18H18BrN3O3. The second-order valence-corrected chi connectivity index (χ2v) is 6.46. The molecule has 0 radical (unpaired) electrons. The van der Waals surface area contributed by atoms with Crippen molar-refractivity contribution < 1.29 is 14.7 Å². The molecule has 0 spiro atoms. The molecule has 0 aliphatic carbocycles. The minimum absolute atomic E-state index is 0.0359. The lowest BCUT2D eigenvalue weighted by Crippen LogP contribution is -2.24. The summed E-state index contributed by atoms with van der Waals surface area (Å²) in [6.07, 6.45) is 0.954. The maximum atomic E-state index is 11.9. The number of hydrogen-bond acceptors (Lipinski definition) is 4.